The molecule has 3 nitrogen and oxygen atoms in total. The highest BCUT2D eigenvalue weighted by Gasteiger charge is 2.10. The molecule has 92 valence electrons. The lowest BCUT2D eigenvalue weighted by atomic mass is 10.1. The predicted octanol–water partition coefficient (Wildman–Crippen LogP) is 3.60. The van der Waals surface area contributed by atoms with Crippen molar-refractivity contribution in [3.8, 4) is 0 Å². The van der Waals surface area contributed by atoms with E-state index in [1.54, 1.807) is 12.1 Å². The highest BCUT2D eigenvalue weighted by atomic mass is 35.5. The number of para-hydroxylation sites is 1. The second-order valence-electron chi connectivity index (χ2n) is 4.08. The van der Waals surface area contributed by atoms with Gasteiger partial charge in [-0.3, -0.25) is 9.78 Å². The van der Waals surface area contributed by atoms with Crippen molar-refractivity contribution in [1.82, 2.24) is 4.98 Å². The van der Waals surface area contributed by atoms with Crippen LogP contribution in [-0.2, 0) is 0 Å². The lowest BCUT2D eigenvalue weighted by Gasteiger charge is -2.11. The first-order chi connectivity index (χ1) is 8.58. The molecule has 2 aromatic rings. The molecule has 0 atom stereocenters. The summed E-state index contributed by atoms with van der Waals surface area (Å²) in [4.78, 5) is 16.0. The number of carbonyl (C=O) groups excluding carboxylic acids is 1. The molecule has 0 saturated carbocycles. The van der Waals surface area contributed by atoms with Crippen LogP contribution in [-0.4, -0.2) is 10.9 Å². The minimum Gasteiger partial charge on any atom is -0.320 e. The number of halogens is 1. The first-order valence-corrected chi connectivity index (χ1v) is 5.95. The molecule has 0 fully saturated rings. The van der Waals surface area contributed by atoms with Crippen molar-refractivity contribution < 1.29 is 4.79 Å². The van der Waals surface area contributed by atoms with Gasteiger partial charge in [-0.05, 0) is 37.1 Å². The fourth-order valence-electron chi connectivity index (χ4n) is 1.72. The Labute approximate surface area is 111 Å². The van der Waals surface area contributed by atoms with Gasteiger partial charge in [-0.25, -0.2) is 0 Å². The third kappa shape index (κ3) is 2.68. The molecular weight excluding hydrogens is 248 g/mol. The lowest BCUT2D eigenvalue weighted by molar-refractivity contribution is 0.102. The molecule has 1 aromatic heterocycles. The Hall–Kier alpha value is -1.87. The van der Waals surface area contributed by atoms with E-state index in [9.17, 15) is 4.79 Å². The molecule has 0 spiro atoms. The highest BCUT2D eigenvalue weighted by Crippen LogP contribution is 2.20. The number of hydrogen-bond donors (Lipinski definition) is 1. The fourth-order valence-corrected chi connectivity index (χ4v) is 1.88. The van der Waals surface area contributed by atoms with E-state index in [1.165, 1.54) is 6.20 Å². The number of nitrogens with one attached hydrogen (secondary N) is 1. The van der Waals surface area contributed by atoms with Crippen LogP contribution in [0.3, 0.4) is 0 Å². The minimum absolute atomic E-state index is 0.255. The molecule has 18 heavy (non-hydrogen) atoms. The number of benzene rings is 1. The van der Waals surface area contributed by atoms with E-state index < -0.39 is 0 Å². The van der Waals surface area contributed by atoms with Gasteiger partial charge in [-0.15, -0.1) is 0 Å². The van der Waals surface area contributed by atoms with Gasteiger partial charge in [-0.2, -0.15) is 0 Å². The zero-order chi connectivity index (χ0) is 13.1. The maximum Gasteiger partial charge on any atom is 0.274 e. The molecule has 1 amide bonds. The number of amides is 1. The van der Waals surface area contributed by atoms with Crippen molar-refractivity contribution in [2.24, 2.45) is 0 Å². The molecule has 1 aromatic carbocycles. The van der Waals surface area contributed by atoms with Gasteiger partial charge >= 0.3 is 0 Å². The van der Waals surface area contributed by atoms with Crippen LogP contribution in [0.2, 0.25) is 5.02 Å². The van der Waals surface area contributed by atoms with Crippen molar-refractivity contribution in [3.63, 3.8) is 0 Å². The third-order valence-corrected chi connectivity index (χ3v) is 2.91. The molecule has 0 aliphatic rings. The average molecular weight is 261 g/mol. The molecule has 0 radical (unpaired) electrons. The Balaban J connectivity index is 2.27. The molecule has 1 N–H and O–H groups in total. The number of anilines is 1. The molecule has 0 aliphatic heterocycles. The quantitative estimate of drug-likeness (QED) is 0.896. The van der Waals surface area contributed by atoms with Gasteiger partial charge in [0.15, 0.2) is 0 Å². The third-order valence-electron chi connectivity index (χ3n) is 2.67. The molecule has 1 heterocycles. The fraction of sp³-hybridized carbons (Fsp3) is 0.143. The number of carbonyl (C=O) groups is 1. The van der Waals surface area contributed by atoms with Crippen molar-refractivity contribution in [2.75, 3.05) is 5.32 Å². The van der Waals surface area contributed by atoms with Gasteiger partial charge in [0.25, 0.3) is 5.91 Å². The summed E-state index contributed by atoms with van der Waals surface area (Å²) >= 11 is 5.83. The van der Waals surface area contributed by atoms with Crippen molar-refractivity contribution in [3.05, 3.63) is 58.4 Å². The summed E-state index contributed by atoms with van der Waals surface area (Å²) in [6.45, 7) is 3.90. The van der Waals surface area contributed by atoms with Crippen LogP contribution in [0.1, 0.15) is 21.6 Å². The van der Waals surface area contributed by atoms with E-state index in [0.717, 1.165) is 16.8 Å². The Bertz CT molecular complexity index is 576. The van der Waals surface area contributed by atoms with Gasteiger partial charge < -0.3 is 5.32 Å². The van der Waals surface area contributed by atoms with E-state index in [-0.39, 0.29) is 5.91 Å². The summed E-state index contributed by atoms with van der Waals surface area (Å²) in [5.74, 6) is -0.255. The van der Waals surface area contributed by atoms with E-state index in [1.807, 2.05) is 32.0 Å². The molecule has 2 rings (SSSR count). The van der Waals surface area contributed by atoms with Gasteiger partial charge in [0.1, 0.15) is 5.69 Å². The average Bonchev–Trinajstić information content (AvgIpc) is 2.34. The van der Waals surface area contributed by atoms with Crippen molar-refractivity contribution in [2.45, 2.75) is 13.8 Å². The van der Waals surface area contributed by atoms with E-state index in [4.69, 9.17) is 11.6 Å². The monoisotopic (exact) mass is 260 g/mol. The van der Waals surface area contributed by atoms with Crippen LogP contribution in [0, 0.1) is 13.8 Å². The number of pyridine rings is 1. The van der Waals surface area contributed by atoms with E-state index >= 15 is 0 Å². The van der Waals surface area contributed by atoms with Crippen LogP contribution in [0.25, 0.3) is 0 Å². The number of aryl methyl sites for hydroxylation is 2. The topological polar surface area (TPSA) is 42.0 Å². The minimum atomic E-state index is -0.255. The smallest absolute Gasteiger partial charge is 0.274 e. The summed E-state index contributed by atoms with van der Waals surface area (Å²) in [6, 6.07) is 9.04. The van der Waals surface area contributed by atoms with Gasteiger partial charge in [0.05, 0.1) is 0 Å². The van der Waals surface area contributed by atoms with Crippen LogP contribution < -0.4 is 5.32 Å². The summed E-state index contributed by atoms with van der Waals surface area (Å²) in [5.41, 5.74) is 3.17. The molecule has 0 aliphatic carbocycles. The first-order valence-electron chi connectivity index (χ1n) is 5.57. The molecule has 4 heteroatoms. The van der Waals surface area contributed by atoms with Gasteiger partial charge in [0, 0.05) is 16.9 Å². The molecule has 0 unspecified atom stereocenters. The largest absolute Gasteiger partial charge is 0.320 e. The summed E-state index contributed by atoms with van der Waals surface area (Å²) < 4.78 is 0. The van der Waals surface area contributed by atoms with Crippen LogP contribution in [0.15, 0.2) is 36.5 Å². The Morgan fingerprint density at radius 2 is 1.89 bits per heavy atom. The highest BCUT2D eigenvalue weighted by molar-refractivity contribution is 6.30. The SMILES string of the molecule is Cc1cccc(C)c1NC(=O)c1cc(Cl)ccn1. The van der Waals surface area contributed by atoms with Gasteiger partial charge in [0.2, 0.25) is 0 Å². The van der Waals surface area contributed by atoms with Crippen LogP contribution in [0.5, 0.6) is 0 Å². The Kier molecular flexibility index (Phi) is 3.63. The number of hydrogen-bond acceptors (Lipinski definition) is 2. The molecular formula is C14H13ClN2O. The lowest BCUT2D eigenvalue weighted by Crippen LogP contribution is -2.15. The summed E-state index contributed by atoms with van der Waals surface area (Å²) in [6.07, 6.45) is 1.52. The normalized spacial score (nSPS) is 10.2. The second kappa shape index (κ2) is 5.19. The zero-order valence-electron chi connectivity index (χ0n) is 10.2. The number of nitrogens with zero attached hydrogens (tertiary/aromatic N) is 1. The Morgan fingerprint density at radius 3 is 2.50 bits per heavy atom. The van der Waals surface area contributed by atoms with Crippen LogP contribution >= 0.6 is 11.6 Å². The maximum atomic E-state index is 12.0. The second-order valence-corrected chi connectivity index (χ2v) is 4.52. The van der Waals surface area contributed by atoms with Crippen LogP contribution in [0.4, 0.5) is 5.69 Å². The van der Waals surface area contributed by atoms with Crippen molar-refractivity contribution >= 4 is 23.2 Å². The number of aromatic nitrogens is 1. The summed E-state index contributed by atoms with van der Waals surface area (Å²) in [5, 5.41) is 3.36. The predicted molar refractivity (Wildman–Crippen MR) is 73.1 cm³/mol. The standard InChI is InChI=1S/C14H13ClN2O/c1-9-4-3-5-10(2)13(9)17-14(18)12-8-11(15)6-7-16-12/h3-8H,1-2H3,(H,17,18). The van der Waals surface area contributed by atoms with E-state index in [2.05, 4.69) is 10.3 Å². The van der Waals surface area contributed by atoms with E-state index in [0.29, 0.717) is 10.7 Å². The molecule has 0 saturated heterocycles. The maximum absolute atomic E-state index is 12.0. The Morgan fingerprint density at radius 1 is 1.22 bits per heavy atom. The molecule has 0 bridgehead atoms. The van der Waals surface area contributed by atoms with Gasteiger partial charge in [-0.1, -0.05) is 29.8 Å². The summed E-state index contributed by atoms with van der Waals surface area (Å²) in [7, 11) is 0. The first kappa shape index (κ1) is 12.6. The zero-order valence-corrected chi connectivity index (χ0v) is 11.0. The number of rotatable bonds is 2. The van der Waals surface area contributed by atoms with Crippen molar-refractivity contribution in [1.29, 1.82) is 0 Å².